The number of para-hydroxylation sites is 3. The molecule has 8 aromatic carbocycles. The van der Waals surface area contributed by atoms with E-state index in [1.165, 1.54) is 0 Å². The van der Waals surface area contributed by atoms with Crippen LogP contribution in [0.5, 0.6) is 0 Å². The Morgan fingerprint density at radius 1 is 0.456 bits per heavy atom. The van der Waals surface area contributed by atoms with Gasteiger partial charge in [-0.3, -0.25) is 0 Å². The summed E-state index contributed by atoms with van der Waals surface area (Å²) in [5, 5.41) is 6.24. The second kappa shape index (κ2) is 12.6. The topological polar surface area (TPSA) is 56.7 Å². The first-order chi connectivity index (χ1) is 30.3. The van der Waals surface area contributed by atoms with Crippen LogP contribution in [0.15, 0.2) is 186 Å². The SMILES string of the molecule is [2H]c1c([2H])c([2H])c(-c2nc(-c3ccc4c(c3)oc3ccccc34)nc(-c3cc(-n4c5ccccc5c5ccccc54)cc4c3sc3ccc(-c5ccccc5)cc34)n2)c([2H])c1[2H]. The van der Waals surface area contributed by atoms with E-state index in [1.54, 1.807) is 11.3 Å². The average Bonchev–Trinajstić information content (AvgIpc) is 3.99. The van der Waals surface area contributed by atoms with E-state index in [9.17, 15) is 0 Å². The van der Waals surface area contributed by atoms with Crippen molar-refractivity contribution >= 4 is 75.3 Å². The minimum absolute atomic E-state index is 0.0328. The van der Waals surface area contributed by atoms with Crippen LogP contribution in [0.3, 0.4) is 0 Å². The molecule has 0 bridgehead atoms. The van der Waals surface area contributed by atoms with Crippen LogP contribution in [-0.4, -0.2) is 19.5 Å². The van der Waals surface area contributed by atoms with E-state index in [1.807, 2.05) is 72.8 Å². The Balaban J connectivity index is 1.19. The number of aromatic nitrogens is 4. The fourth-order valence-corrected chi connectivity index (χ4v) is 9.31. The summed E-state index contributed by atoms with van der Waals surface area (Å²) in [6.07, 6.45) is 0. The number of nitrogens with zero attached hydrogens (tertiary/aromatic N) is 4. The first kappa shape index (κ1) is 27.2. The molecule has 57 heavy (non-hydrogen) atoms. The van der Waals surface area contributed by atoms with Crippen molar-refractivity contribution in [2.75, 3.05) is 0 Å². The van der Waals surface area contributed by atoms with Gasteiger partial charge in [-0.1, -0.05) is 127 Å². The van der Waals surface area contributed by atoms with Gasteiger partial charge in [0.1, 0.15) is 11.2 Å². The van der Waals surface area contributed by atoms with Gasteiger partial charge in [0.15, 0.2) is 17.5 Å². The molecule has 0 unspecified atom stereocenters. The molecular weight excluding hydrogens is 717 g/mol. The number of rotatable bonds is 5. The predicted octanol–water partition coefficient (Wildman–Crippen LogP) is 13.9. The molecule has 0 atom stereocenters. The van der Waals surface area contributed by atoms with E-state index < -0.39 is 30.2 Å². The van der Waals surface area contributed by atoms with Gasteiger partial charge in [-0.15, -0.1) is 11.3 Å². The Labute approximate surface area is 337 Å². The number of furan rings is 1. The maximum atomic E-state index is 8.98. The lowest BCUT2D eigenvalue weighted by molar-refractivity contribution is 0.669. The molecule has 12 aromatic rings. The summed E-state index contributed by atoms with van der Waals surface area (Å²) in [5.41, 5.74) is 7.79. The van der Waals surface area contributed by atoms with Crippen molar-refractivity contribution in [1.29, 1.82) is 0 Å². The summed E-state index contributed by atoms with van der Waals surface area (Å²) in [7, 11) is 0. The molecule has 0 radical (unpaired) electrons. The van der Waals surface area contributed by atoms with Crippen molar-refractivity contribution in [3.8, 4) is 51.0 Å². The highest BCUT2D eigenvalue weighted by atomic mass is 32.1. The van der Waals surface area contributed by atoms with Gasteiger partial charge in [0.2, 0.25) is 0 Å². The number of fused-ring (bicyclic) bond motifs is 9. The average molecular weight is 752 g/mol. The summed E-state index contributed by atoms with van der Waals surface area (Å²) >= 11 is 1.64. The monoisotopic (exact) mass is 751 g/mol. The minimum Gasteiger partial charge on any atom is -0.456 e. The molecule has 4 heterocycles. The van der Waals surface area contributed by atoms with Crippen LogP contribution in [0.2, 0.25) is 0 Å². The zero-order valence-corrected chi connectivity index (χ0v) is 30.9. The number of thiophene rings is 1. The Kier molecular flexibility index (Phi) is 6.00. The highest BCUT2D eigenvalue weighted by Gasteiger charge is 2.21. The Bertz CT molecular complexity index is 3760. The number of hydrogen-bond donors (Lipinski definition) is 0. The largest absolute Gasteiger partial charge is 0.456 e. The summed E-state index contributed by atoms with van der Waals surface area (Å²) in [6.45, 7) is 0. The van der Waals surface area contributed by atoms with E-state index in [0.29, 0.717) is 22.5 Å². The van der Waals surface area contributed by atoms with Gasteiger partial charge >= 0.3 is 0 Å². The van der Waals surface area contributed by atoms with E-state index >= 15 is 0 Å². The molecule has 0 aliphatic heterocycles. The van der Waals surface area contributed by atoms with Gasteiger partial charge in [0.25, 0.3) is 0 Å². The second-order valence-electron chi connectivity index (χ2n) is 14.0. The molecule has 266 valence electrons. The molecular formula is C51H30N4OS. The smallest absolute Gasteiger partial charge is 0.165 e. The Morgan fingerprint density at radius 2 is 1.11 bits per heavy atom. The molecule has 12 rings (SSSR count). The molecule has 0 aliphatic rings. The van der Waals surface area contributed by atoms with Gasteiger partial charge in [-0.25, -0.2) is 15.0 Å². The van der Waals surface area contributed by atoms with Crippen LogP contribution >= 0.6 is 11.3 Å². The predicted molar refractivity (Wildman–Crippen MR) is 236 cm³/mol. The van der Waals surface area contributed by atoms with E-state index in [4.69, 9.17) is 26.2 Å². The van der Waals surface area contributed by atoms with Gasteiger partial charge in [0, 0.05) is 64.1 Å². The fraction of sp³-hybridized carbons (Fsp3) is 0. The third-order valence-corrected chi connectivity index (χ3v) is 12.0. The van der Waals surface area contributed by atoms with Crippen molar-refractivity contribution in [3.63, 3.8) is 0 Å². The quantitative estimate of drug-likeness (QED) is 0.176. The Morgan fingerprint density at radius 3 is 1.89 bits per heavy atom. The van der Waals surface area contributed by atoms with Crippen molar-refractivity contribution in [2.45, 2.75) is 0 Å². The molecule has 0 spiro atoms. The molecule has 5 nitrogen and oxygen atoms in total. The molecule has 0 saturated carbocycles. The van der Waals surface area contributed by atoms with Gasteiger partial charge in [-0.2, -0.15) is 0 Å². The third kappa shape index (κ3) is 5.12. The fourth-order valence-electron chi connectivity index (χ4n) is 8.13. The molecule has 0 saturated heterocycles. The van der Waals surface area contributed by atoms with E-state index in [2.05, 4.69) is 83.4 Å². The second-order valence-corrected chi connectivity index (χ2v) is 15.1. The summed E-state index contributed by atoms with van der Waals surface area (Å²) < 4.78 is 54.0. The summed E-state index contributed by atoms with van der Waals surface area (Å²) in [4.78, 5) is 15.1. The van der Waals surface area contributed by atoms with Crippen LogP contribution in [0.4, 0.5) is 0 Å². The maximum Gasteiger partial charge on any atom is 0.165 e. The van der Waals surface area contributed by atoms with Crippen LogP contribution in [0, 0.1) is 0 Å². The lowest BCUT2D eigenvalue weighted by Crippen LogP contribution is -2.01. The normalized spacial score (nSPS) is 13.1. The maximum absolute atomic E-state index is 8.98. The minimum atomic E-state index is -0.491. The molecule has 0 amide bonds. The lowest BCUT2D eigenvalue weighted by atomic mass is 10.0. The van der Waals surface area contributed by atoms with Crippen molar-refractivity contribution in [2.24, 2.45) is 0 Å². The van der Waals surface area contributed by atoms with Crippen LogP contribution in [0.1, 0.15) is 6.85 Å². The number of benzene rings is 8. The zero-order chi connectivity index (χ0) is 41.8. The van der Waals surface area contributed by atoms with Crippen LogP contribution < -0.4 is 0 Å². The zero-order valence-electron chi connectivity index (χ0n) is 35.0. The highest BCUT2D eigenvalue weighted by molar-refractivity contribution is 7.26. The molecule has 4 aromatic heterocycles. The highest BCUT2D eigenvalue weighted by Crippen LogP contribution is 2.44. The lowest BCUT2D eigenvalue weighted by Gasteiger charge is -2.13. The first-order valence-corrected chi connectivity index (χ1v) is 19.4. The van der Waals surface area contributed by atoms with Crippen molar-refractivity contribution in [3.05, 3.63) is 182 Å². The molecule has 0 aliphatic carbocycles. The molecule has 6 heteroatoms. The Hall–Kier alpha value is -7.41. The number of hydrogen-bond acceptors (Lipinski definition) is 5. The summed E-state index contributed by atoms with van der Waals surface area (Å²) in [6, 6.07) is 49.4. The first-order valence-electron chi connectivity index (χ1n) is 21.1. The molecule has 0 fully saturated rings. The van der Waals surface area contributed by atoms with Gasteiger partial charge in [-0.05, 0) is 65.7 Å². The third-order valence-electron chi connectivity index (χ3n) is 10.7. The molecule has 0 N–H and O–H groups in total. The van der Waals surface area contributed by atoms with Crippen LogP contribution in [-0.2, 0) is 0 Å². The van der Waals surface area contributed by atoms with E-state index in [-0.39, 0.29) is 17.2 Å². The van der Waals surface area contributed by atoms with Gasteiger partial charge < -0.3 is 8.98 Å². The summed E-state index contributed by atoms with van der Waals surface area (Å²) in [5.74, 6) is 0.528. The van der Waals surface area contributed by atoms with Crippen LogP contribution in [0.25, 0.3) is 115 Å². The standard InChI is InChI=1S/C51H30N4OS/c1-3-13-31(14-4-1)33-24-26-47-40(27-33)41-29-35(55-43-20-10-7-17-36(43)37-18-8-11-21-44(37)55)30-42(48(41)57-47)51-53-49(32-15-5-2-6-16-32)52-50(54-51)34-23-25-39-38-19-9-12-22-45(38)56-46(39)28-34/h1-30H/i2D,5D,6D,15D,16D. The van der Waals surface area contributed by atoms with Gasteiger partial charge in [0.05, 0.1) is 17.9 Å². The van der Waals surface area contributed by atoms with Crippen molar-refractivity contribution in [1.82, 2.24) is 19.5 Å². The van der Waals surface area contributed by atoms with E-state index in [0.717, 1.165) is 75.1 Å². The van der Waals surface area contributed by atoms with Crippen molar-refractivity contribution < 1.29 is 11.3 Å².